The molecule has 1 aliphatic carbocycles. The van der Waals surface area contributed by atoms with Crippen LogP contribution in [0.3, 0.4) is 0 Å². The van der Waals surface area contributed by atoms with E-state index in [9.17, 15) is 19.2 Å². The normalized spacial score (nSPS) is 21.7. The summed E-state index contributed by atoms with van der Waals surface area (Å²) in [7, 11) is 0. The number of hydrogen-bond donors (Lipinski definition) is 1. The molecule has 7 nitrogen and oxygen atoms in total. The van der Waals surface area contributed by atoms with E-state index in [0.29, 0.717) is 6.54 Å². The van der Waals surface area contributed by atoms with Gasteiger partial charge in [0.15, 0.2) is 6.61 Å². The molecule has 0 spiro atoms. The summed E-state index contributed by atoms with van der Waals surface area (Å²) in [4.78, 5) is 49.5. The van der Waals surface area contributed by atoms with Crippen LogP contribution in [0, 0.1) is 11.8 Å². The highest BCUT2D eigenvalue weighted by atomic mass is 16.5. The van der Waals surface area contributed by atoms with Crippen molar-refractivity contribution in [3.05, 3.63) is 35.9 Å². The predicted molar refractivity (Wildman–Crippen MR) is 96.0 cm³/mol. The van der Waals surface area contributed by atoms with Crippen molar-refractivity contribution in [1.29, 1.82) is 0 Å². The fourth-order valence-electron chi connectivity index (χ4n) is 3.72. The van der Waals surface area contributed by atoms with Crippen LogP contribution < -0.4 is 5.32 Å². The van der Waals surface area contributed by atoms with Crippen LogP contribution in [0.4, 0.5) is 0 Å². The molecule has 0 aromatic heterocycles. The van der Waals surface area contributed by atoms with Gasteiger partial charge >= 0.3 is 5.97 Å². The average Bonchev–Trinajstić information content (AvgIpc) is 2.94. The van der Waals surface area contributed by atoms with Gasteiger partial charge in [-0.05, 0) is 18.4 Å². The summed E-state index contributed by atoms with van der Waals surface area (Å²) in [6.07, 6.45) is 3.33. The van der Waals surface area contributed by atoms with Crippen molar-refractivity contribution >= 4 is 23.7 Å². The molecule has 1 saturated heterocycles. The number of nitrogens with zero attached hydrogens (tertiary/aromatic N) is 1. The molecule has 0 bridgehead atoms. The monoisotopic (exact) mass is 372 g/mol. The van der Waals surface area contributed by atoms with E-state index >= 15 is 0 Å². The van der Waals surface area contributed by atoms with E-state index in [1.165, 1.54) is 4.90 Å². The van der Waals surface area contributed by atoms with Crippen molar-refractivity contribution in [2.75, 3.05) is 13.2 Å². The largest absolute Gasteiger partial charge is 0.456 e. The Labute approximate surface area is 158 Å². The van der Waals surface area contributed by atoms with Gasteiger partial charge in [-0.15, -0.1) is 0 Å². The summed E-state index contributed by atoms with van der Waals surface area (Å²) in [5, 5.41) is 2.66. The summed E-state index contributed by atoms with van der Waals surface area (Å²) in [5.74, 6) is -1.76. The van der Waals surface area contributed by atoms with Crippen LogP contribution in [0.1, 0.15) is 37.7 Å². The van der Waals surface area contributed by atoms with E-state index in [2.05, 4.69) is 5.32 Å². The number of esters is 1. The maximum atomic E-state index is 12.3. The Morgan fingerprint density at radius 3 is 2.30 bits per heavy atom. The van der Waals surface area contributed by atoms with Gasteiger partial charge in [0, 0.05) is 13.1 Å². The van der Waals surface area contributed by atoms with Gasteiger partial charge in [-0.3, -0.25) is 24.1 Å². The summed E-state index contributed by atoms with van der Waals surface area (Å²) in [6.45, 7) is 0.00469. The van der Waals surface area contributed by atoms with Crippen molar-refractivity contribution in [1.82, 2.24) is 10.2 Å². The van der Waals surface area contributed by atoms with Crippen LogP contribution in [0.15, 0.2) is 30.3 Å². The number of carbonyl (C=O) groups excluding carboxylic acids is 4. The highest BCUT2D eigenvalue weighted by Gasteiger charge is 2.47. The molecule has 27 heavy (non-hydrogen) atoms. The number of carbonyl (C=O) groups is 4. The number of rotatable bonds is 7. The van der Waals surface area contributed by atoms with Gasteiger partial charge in [-0.2, -0.15) is 0 Å². The molecule has 3 amide bonds. The molecule has 1 saturated carbocycles. The van der Waals surface area contributed by atoms with E-state index in [1.54, 1.807) is 0 Å². The van der Waals surface area contributed by atoms with Crippen molar-refractivity contribution in [3.8, 4) is 0 Å². The van der Waals surface area contributed by atoms with Crippen LogP contribution in [-0.2, 0) is 30.5 Å². The minimum Gasteiger partial charge on any atom is -0.456 e. The second kappa shape index (κ2) is 8.79. The Morgan fingerprint density at radius 1 is 1.04 bits per heavy atom. The Kier molecular flexibility index (Phi) is 6.21. The highest BCUT2D eigenvalue weighted by Crippen LogP contribution is 2.37. The zero-order valence-electron chi connectivity index (χ0n) is 15.2. The highest BCUT2D eigenvalue weighted by molar-refractivity contribution is 6.05. The van der Waals surface area contributed by atoms with Gasteiger partial charge in [0.2, 0.25) is 11.8 Å². The predicted octanol–water partition coefficient (Wildman–Crippen LogP) is 1.41. The van der Waals surface area contributed by atoms with Crippen LogP contribution in [0.2, 0.25) is 0 Å². The fourth-order valence-corrected chi connectivity index (χ4v) is 3.72. The molecule has 1 N–H and O–H groups in total. The number of amides is 3. The molecule has 0 radical (unpaired) electrons. The van der Waals surface area contributed by atoms with Gasteiger partial charge in [0.1, 0.15) is 0 Å². The fraction of sp³-hybridized carbons (Fsp3) is 0.500. The first-order valence-electron chi connectivity index (χ1n) is 9.37. The number of fused-ring (bicyclic) bond motifs is 1. The van der Waals surface area contributed by atoms with Crippen LogP contribution in [0.25, 0.3) is 0 Å². The molecule has 3 rings (SSSR count). The third kappa shape index (κ3) is 4.72. The van der Waals surface area contributed by atoms with Gasteiger partial charge in [0.05, 0.1) is 18.3 Å². The van der Waals surface area contributed by atoms with Crippen LogP contribution >= 0.6 is 0 Å². The number of likely N-dealkylation sites (tertiary alicyclic amines) is 1. The van der Waals surface area contributed by atoms with Crippen molar-refractivity contribution < 1.29 is 23.9 Å². The van der Waals surface area contributed by atoms with E-state index in [0.717, 1.165) is 31.2 Å². The van der Waals surface area contributed by atoms with Crippen LogP contribution in [0.5, 0.6) is 0 Å². The molecule has 144 valence electrons. The minimum absolute atomic E-state index is 0.0230. The van der Waals surface area contributed by atoms with Crippen molar-refractivity contribution in [2.45, 2.75) is 38.6 Å². The third-order valence-electron chi connectivity index (χ3n) is 5.17. The Bertz CT molecular complexity index is 694. The maximum absolute atomic E-state index is 12.3. The zero-order valence-corrected chi connectivity index (χ0v) is 15.2. The molecule has 0 unspecified atom stereocenters. The number of ether oxygens (including phenoxy) is 1. The number of benzene rings is 1. The topological polar surface area (TPSA) is 92.8 Å². The minimum atomic E-state index is -0.597. The smallest absolute Gasteiger partial charge is 0.308 e. The Balaban J connectivity index is 1.37. The lowest BCUT2D eigenvalue weighted by atomic mass is 9.81. The quantitative estimate of drug-likeness (QED) is 0.577. The Hall–Kier alpha value is -2.70. The standard InChI is InChI=1S/C20H24N2O5/c23-17(21-12-14-6-2-1-3-7-14)13-27-18(24)10-11-22-19(25)15-8-4-5-9-16(15)20(22)26/h1-3,6-7,15-16H,4-5,8-13H2,(H,21,23)/t15-,16-/m1/s1. The molecular weight excluding hydrogens is 348 g/mol. The van der Waals surface area contributed by atoms with Gasteiger partial charge in [-0.1, -0.05) is 43.2 Å². The molecule has 2 atom stereocenters. The number of imide groups is 1. The van der Waals surface area contributed by atoms with Gasteiger partial charge in [0.25, 0.3) is 5.91 Å². The number of hydrogen-bond acceptors (Lipinski definition) is 5. The summed E-state index contributed by atoms with van der Waals surface area (Å²) in [5.41, 5.74) is 0.949. The SMILES string of the molecule is O=C(COC(=O)CCN1C(=O)[C@@H]2CCCC[C@H]2C1=O)NCc1ccccc1. The first kappa shape index (κ1) is 19.1. The van der Waals surface area contributed by atoms with Crippen LogP contribution in [-0.4, -0.2) is 41.7 Å². The molecule has 2 aliphatic rings. The maximum Gasteiger partial charge on any atom is 0.308 e. The number of nitrogens with one attached hydrogen (secondary N) is 1. The average molecular weight is 372 g/mol. The molecule has 1 aromatic carbocycles. The van der Waals surface area contributed by atoms with E-state index in [4.69, 9.17) is 4.74 Å². The van der Waals surface area contributed by atoms with E-state index in [-0.39, 0.29) is 43.2 Å². The van der Waals surface area contributed by atoms with E-state index < -0.39 is 11.9 Å². The second-order valence-corrected chi connectivity index (χ2v) is 7.00. The van der Waals surface area contributed by atoms with Crippen molar-refractivity contribution in [3.63, 3.8) is 0 Å². The lowest BCUT2D eigenvalue weighted by molar-refractivity contribution is -0.150. The molecular formula is C20H24N2O5. The summed E-state index contributed by atoms with van der Waals surface area (Å²) in [6, 6.07) is 9.40. The first-order chi connectivity index (χ1) is 13.1. The molecule has 1 heterocycles. The Morgan fingerprint density at radius 2 is 1.67 bits per heavy atom. The third-order valence-corrected chi connectivity index (χ3v) is 5.17. The molecule has 1 aromatic rings. The zero-order chi connectivity index (χ0) is 19.2. The summed E-state index contributed by atoms with van der Waals surface area (Å²) >= 11 is 0. The van der Waals surface area contributed by atoms with Crippen molar-refractivity contribution in [2.24, 2.45) is 11.8 Å². The molecule has 1 aliphatic heterocycles. The second-order valence-electron chi connectivity index (χ2n) is 7.00. The molecule has 7 heteroatoms. The van der Waals surface area contributed by atoms with E-state index in [1.807, 2.05) is 30.3 Å². The lowest BCUT2D eigenvalue weighted by Crippen LogP contribution is -2.34. The van der Waals surface area contributed by atoms with Gasteiger partial charge in [-0.25, -0.2) is 0 Å². The molecule has 2 fully saturated rings. The summed E-state index contributed by atoms with van der Waals surface area (Å²) < 4.78 is 4.94. The van der Waals surface area contributed by atoms with Gasteiger partial charge < -0.3 is 10.1 Å². The lowest BCUT2D eigenvalue weighted by Gasteiger charge is -2.19. The first-order valence-corrected chi connectivity index (χ1v) is 9.37.